The van der Waals surface area contributed by atoms with Gasteiger partial charge in [0.1, 0.15) is 0 Å². The number of hydrogen-bond acceptors (Lipinski definition) is 4. The Morgan fingerprint density at radius 1 is 1.00 bits per heavy atom. The standard InChI is InChI=1S/C16H18BrN3O/c17-14-4-2-13(3-5-14)16-7-6-15(18-19-16)12-20-8-1-10-21-11-9-20/h2-7H,1,8-12H2. The Balaban J connectivity index is 1.67. The van der Waals surface area contributed by atoms with Crippen molar-refractivity contribution in [2.24, 2.45) is 0 Å². The minimum absolute atomic E-state index is 0.810. The fourth-order valence-electron chi connectivity index (χ4n) is 2.40. The van der Waals surface area contributed by atoms with Crippen molar-refractivity contribution in [3.8, 4) is 11.3 Å². The molecule has 1 aliphatic heterocycles. The first-order chi connectivity index (χ1) is 10.3. The Hall–Kier alpha value is -1.30. The van der Waals surface area contributed by atoms with E-state index in [0.29, 0.717) is 0 Å². The van der Waals surface area contributed by atoms with Crippen LogP contribution in [0.25, 0.3) is 11.3 Å². The number of hydrogen-bond donors (Lipinski definition) is 0. The van der Waals surface area contributed by atoms with E-state index in [2.05, 4.69) is 37.1 Å². The quantitative estimate of drug-likeness (QED) is 0.854. The van der Waals surface area contributed by atoms with Crippen molar-refractivity contribution < 1.29 is 4.74 Å². The first-order valence-electron chi connectivity index (χ1n) is 7.20. The van der Waals surface area contributed by atoms with Gasteiger partial charge in [-0.15, -0.1) is 0 Å². The van der Waals surface area contributed by atoms with E-state index < -0.39 is 0 Å². The smallest absolute Gasteiger partial charge is 0.0929 e. The molecule has 1 fully saturated rings. The van der Waals surface area contributed by atoms with E-state index in [4.69, 9.17) is 4.74 Å². The molecule has 0 unspecified atom stereocenters. The summed E-state index contributed by atoms with van der Waals surface area (Å²) in [6.45, 7) is 4.55. The average Bonchev–Trinajstić information content (AvgIpc) is 2.78. The summed E-state index contributed by atoms with van der Waals surface area (Å²) in [5, 5.41) is 8.70. The lowest BCUT2D eigenvalue weighted by Gasteiger charge is -2.18. The molecule has 5 heteroatoms. The van der Waals surface area contributed by atoms with E-state index in [9.17, 15) is 0 Å². The lowest BCUT2D eigenvalue weighted by molar-refractivity contribution is 0.140. The lowest BCUT2D eigenvalue weighted by atomic mass is 10.1. The van der Waals surface area contributed by atoms with Crippen LogP contribution in [0.4, 0.5) is 0 Å². The minimum atomic E-state index is 0.810. The van der Waals surface area contributed by atoms with Crippen LogP contribution in [0.1, 0.15) is 12.1 Å². The van der Waals surface area contributed by atoms with Gasteiger partial charge in [0.15, 0.2) is 0 Å². The summed E-state index contributed by atoms with van der Waals surface area (Å²) in [4.78, 5) is 2.37. The topological polar surface area (TPSA) is 38.2 Å². The molecule has 0 amide bonds. The normalized spacial score (nSPS) is 16.6. The lowest BCUT2D eigenvalue weighted by Crippen LogP contribution is -2.26. The van der Waals surface area contributed by atoms with Crippen molar-refractivity contribution in [1.29, 1.82) is 0 Å². The molecule has 1 aromatic heterocycles. The van der Waals surface area contributed by atoms with Crippen LogP contribution < -0.4 is 0 Å². The highest BCUT2D eigenvalue weighted by Gasteiger charge is 2.10. The summed E-state index contributed by atoms with van der Waals surface area (Å²) in [6.07, 6.45) is 1.09. The number of benzene rings is 1. The second kappa shape index (κ2) is 7.11. The van der Waals surface area contributed by atoms with E-state index in [1.807, 2.05) is 30.3 Å². The van der Waals surface area contributed by atoms with E-state index in [1.165, 1.54) is 0 Å². The van der Waals surface area contributed by atoms with Crippen LogP contribution in [0.2, 0.25) is 0 Å². The molecule has 1 aromatic carbocycles. The third-order valence-electron chi connectivity index (χ3n) is 3.56. The average molecular weight is 348 g/mol. The van der Waals surface area contributed by atoms with E-state index in [-0.39, 0.29) is 0 Å². The van der Waals surface area contributed by atoms with Crippen LogP contribution >= 0.6 is 15.9 Å². The monoisotopic (exact) mass is 347 g/mol. The highest BCUT2D eigenvalue weighted by Crippen LogP contribution is 2.19. The van der Waals surface area contributed by atoms with Gasteiger partial charge >= 0.3 is 0 Å². The fourth-order valence-corrected chi connectivity index (χ4v) is 2.67. The molecule has 0 aliphatic carbocycles. The highest BCUT2D eigenvalue weighted by molar-refractivity contribution is 9.10. The Kier molecular flexibility index (Phi) is 4.95. The van der Waals surface area contributed by atoms with Crippen molar-refractivity contribution in [2.45, 2.75) is 13.0 Å². The Bertz CT molecular complexity index is 563. The zero-order valence-electron chi connectivity index (χ0n) is 11.8. The molecule has 1 aliphatic rings. The summed E-state index contributed by atoms with van der Waals surface area (Å²) < 4.78 is 6.54. The Labute approximate surface area is 133 Å². The predicted octanol–water partition coefficient (Wildman–Crippen LogP) is 3.13. The molecule has 2 aromatic rings. The molecular formula is C16H18BrN3O. The van der Waals surface area contributed by atoms with Crippen LogP contribution in [-0.4, -0.2) is 41.4 Å². The van der Waals surface area contributed by atoms with Crippen molar-refractivity contribution in [3.05, 3.63) is 46.6 Å². The van der Waals surface area contributed by atoms with Gasteiger partial charge in [-0.05, 0) is 30.7 Å². The van der Waals surface area contributed by atoms with Gasteiger partial charge in [-0.3, -0.25) is 4.90 Å². The summed E-state index contributed by atoms with van der Waals surface area (Å²) in [5.41, 5.74) is 3.00. The van der Waals surface area contributed by atoms with E-state index in [0.717, 1.165) is 60.7 Å². The van der Waals surface area contributed by atoms with Crippen molar-refractivity contribution >= 4 is 15.9 Å². The number of nitrogens with zero attached hydrogens (tertiary/aromatic N) is 3. The second-order valence-corrected chi connectivity index (χ2v) is 6.07. The summed E-state index contributed by atoms with van der Waals surface area (Å²) >= 11 is 3.44. The Morgan fingerprint density at radius 3 is 2.62 bits per heavy atom. The van der Waals surface area contributed by atoms with Gasteiger partial charge in [-0.25, -0.2) is 0 Å². The molecule has 0 spiro atoms. The van der Waals surface area contributed by atoms with Gasteiger partial charge in [-0.2, -0.15) is 10.2 Å². The summed E-state index contributed by atoms with van der Waals surface area (Å²) in [5.74, 6) is 0. The van der Waals surface area contributed by atoms with Crippen LogP contribution in [0.3, 0.4) is 0 Å². The van der Waals surface area contributed by atoms with Crippen molar-refractivity contribution in [1.82, 2.24) is 15.1 Å². The molecule has 1 saturated heterocycles. The third kappa shape index (κ3) is 4.09. The molecule has 0 atom stereocenters. The number of aromatic nitrogens is 2. The van der Waals surface area contributed by atoms with Crippen molar-refractivity contribution in [3.63, 3.8) is 0 Å². The highest BCUT2D eigenvalue weighted by atomic mass is 79.9. The van der Waals surface area contributed by atoms with Gasteiger partial charge in [-0.1, -0.05) is 28.1 Å². The maximum Gasteiger partial charge on any atom is 0.0929 e. The molecule has 3 rings (SSSR count). The maximum atomic E-state index is 5.47. The number of rotatable bonds is 3. The van der Waals surface area contributed by atoms with Gasteiger partial charge in [0.05, 0.1) is 18.0 Å². The third-order valence-corrected chi connectivity index (χ3v) is 4.09. The molecule has 110 valence electrons. The van der Waals surface area contributed by atoms with Crippen LogP contribution in [0.5, 0.6) is 0 Å². The first-order valence-corrected chi connectivity index (χ1v) is 7.99. The number of halogens is 1. The first kappa shape index (κ1) is 14.6. The minimum Gasteiger partial charge on any atom is -0.380 e. The molecule has 0 N–H and O–H groups in total. The fraction of sp³-hybridized carbons (Fsp3) is 0.375. The van der Waals surface area contributed by atoms with E-state index in [1.54, 1.807) is 0 Å². The van der Waals surface area contributed by atoms with Gasteiger partial charge < -0.3 is 4.74 Å². The van der Waals surface area contributed by atoms with E-state index >= 15 is 0 Å². The van der Waals surface area contributed by atoms with Gasteiger partial charge in [0.2, 0.25) is 0 Å². The predicted molar refractivity (Wildman–Crippen MR) is 85.9 cm³/mol. The van der Waals surface area contributed by atoms with Crippen LogP contribution in [0.15, 0.2) is 40.9 Å². The molecule has 21 heavy (non-hydrogen) atoms. The molecule has 2 heterocycles. The summed E-state index contributed by atoms with van der Waals surface area (Å²) in [7, 11) is 0. The molecular weight excluding hydrogens is 330 g/mol. The number of ether oxygens (including phenoxy) is 1. The van der Waals surface area contributed by atoms with Crippen molar-refractivity contribution in [2.75, 3.05) is 26.3 Å². The van der Waals surface area contributed by atoms with Crippen LogP contribution in [0, 0.1) is 0 Å². The summed E-state index contributed by atoms with van der Waals surface area (Å²) in [6, 6.07) is 12.2. The van der Waals surface area contributed by atoms with Crippen LogP contribution in [-0.2, 0) is 11.3 Å². The molecule has 0 radical (unpaired) electrons. The Morgan fingerprint density at radius 2 is 1.86 bits per heavy atom. The maximum absolute atomic E-state index is 5.47. The molecule has 4 nitrogen and oxygen atoms in total. The SMILES string of the molecule is Brc1ccc(-c2ccc(CN3CCCOCC3)nn2)cc1. The zero-order valence-corrected chi connectivity index (χ0v) is 13.4. The van der Waals surface area contributed by atoms with Gasteiger partial charge in [0.25, 0.3) is 0 Å². The van der Waals surface area contributed by atoms with Gasteiger partial charge in [0, 0.05) is 36.3 Å². The zero-order chi connectivity index (χ0) is 14.5. The molecule has 0 saturated carbocycles. The molecule has 0 bridgehead atoms. The second-order valence-electron chi connectivity index (χ2n) is 5.16. The largest absolute Gasteiger partial charge is 0.380 e.